The van der Waals surface area contributed by atoms with Crippen molar-refractivity contribution in [2.24, 2.45) is 0 Å². The molecule has 4 nitrogen and oxygen atoms in total. The van der Waals surface area contributed by atoms with E-state index in [-0.39, 0.29) is 0 Å². The average molecular weight is 320 g/mol. The van der Waals surface area contributed by atoms with Crippen molar-refractivity contribution < 1.29 is 9.84 Å². The first kappa shape index (κ1) is 18.2. The van der Waals surface area contributed by atoms with E-state index in [1.165, 1.54) is 24.9 Å². The van der Waals surface area contributed by atoms with Crippen molar-refractivity contribution in [1.82, 2.24) is 10.2 Å². The summed E-state index contributed by atoms with van der Waals surface area (Å²) in [6.45, 7) is 10.7. The fourth-order valence-electron chi connectivity index (χ4n) is 3.29. The van der Waals surface area contributed by atoms with Gasteiger partial charge in [0.25, 0.3) is 0 Å². The fourth-order valence-corrected chi connectivity index (χ4v) is 3.29. The molecule has 0 bridgehead atoms. The van der Waals surface area contributed by atoms with E-state index in [0.29, 0.717) is 25.1 Å². The molecule has 0 radical (unpaired) electrons. The van der Waals surface area contributed by atoms with Gasteiger partial charge in [-0.3, -0.25) is 4.90 Å². The van der Waals surface area contributed by atoms with Crippen LogP contribution in [0.2, 0.25) is 0 Å². The Morgan fingerprint density at radius 2 is 2.13 bits per heavy atom. The standard InChI is InChI=1S/C19H32N2O2/c1-4-21-11-7-8-16(21)12-20-13-17(22)14-23-19-10-6-5-9-18(19)15(2)3/h5-6,9-10,15-17,20,22H,4,7-8,11-14H2,1-3H3/t16-,17-/m0/s1. The van der Waals surface area contributed by atoms with Gasteiger partial charge in [-0.1, -0.05) is 39.0 Å². The Labute approximate surface area is 140 Å². The van der Waals surface area contributed by atoms with Crippen molar-refractivity contribution in [3.8, 4) is 5.75 Å². The number of nitrogens with zero attached hydrogens (tertiary/aromatic N) is 1. The zero-order valence-corrected chi connectivity index (χ0v) is 14.8. The van der Waals surface area contributed by atoms with Gasteiger partial charge in [-0.15, -0.1) is 0 Å². The van der Waals surface area contributed by atoms with Crippen LogP contribution in [-0.2, 0) is 0 Å². The molecule has 0 saturated carbocycles. The Bertz CT molecular complexity index is 464. The molecule has 1 fully saturated rings. The molecule has 130 valence electrons. The third-order valence-corrected chi connectivity index (χ3v) is 4.64. The molecule has 1 saturated heterocycles. The minimum Gasteiger partial charge on any atom is -0.491 e. The Morgan fingerprint density at radius 3 is 2.87 bits per heavy atom. The number of benzene rings is 1. The maximum atomic E-state index is 10.1. The Kier molecular flexibility index (Phi) is 7.34. The lowest BCUT2D eigenvalue weighted by Crippen LogP contribution is -2.41. The highest BCUT2D eigenvalue weighted by Crippen LogP contribution is 2.25. The summed E-state index contributed by atoms with van der Waals surface area (Å²) in [7, 11) is 0. The molecule has 0 aromatic heterocycles. The third-order valence-electron chi connectivity index (χ3n) is 4.64. The van der Waals surface area contributed by atoms with Crippen molar-refractivity contribution in [1.29, 1.82) is 0 Å². The van der Waals surface area contributed by atoms with E-state index in [4.69, 9.17) is 4.74 Å². The zero-order valence-electron chi connectivity index (χ0n) is 14.8. The van der Waals surface area contributed by atoms with Crippen molar-refractivity contribution in [2.75, 3.05) is 32.8 Å². The smallest absolute Gasteiger partial charge is 0.122 e. The molecule has 2 atom stereocenters. The minimum atomic E-state index is -0.480. The summed E-state index contributed by atoms with van der Waals surface area (Å²) in [5, 5.41) is 13.5. The first-order valence-electron chi connectivity index (χ1n) is 8.96. The lowest BCUT2D eigenvalue weighted by atomic mass is 10.0. The van der Waals surface area contributed by atoms with E-state index in [1.807, 2.05) is 18.2 Å². The second-order valence-corrected chi connectivity index (χ2v) is 6.74. The number of aliphatic hydroxyl groups is 1. The van der Waals surface area contributed by atoms with E-state index in [0.717, 1.165) is 18.8 Å². The molecule has 4 heteroatoms. The fraction of sp³-hybridized carbons (Fsp3) is 0.684. The molecule has 1 aliphatic heterocycles. The molecule has 2 N–H and O–H groups in total. The second-order valence-electron chi connectivity index (χ2n) is 6.74. The van der Waals surface area contributed by atoms with Gasteiger partial charge < -0.3 is 15.2 Å². The highest BCUT2D eigenvalue weighted by molar-refractivity contribution is 5.35. The van der Waals surface area contributed by atoms with Gasteiger partial charge in [0.15, 0.2) is 0 Å². The molecular formula is C19H32N2O2. The van der Waals surface area contributed by atoms with Crippen LogP contribution in [0.4, 0.5) is 0 Å². The van der Waals surface area contributed by atoms with E-state index < -0.39 is 6.10 Å². The highest BCUT2D eigenvalue weighted by Gasteiger charge is 2.22. The first-order valence-corrected chi connectivity index (χ1v) is 8.96. The van der Waals surface area contributed by atoms with Gasteiger partial charge in [-0.25, -0.2) is 0 Å². The number of nitrogens with one attached hydrogen (secondary N) is 1. The average Bonchev–Trinajstić information content (AvgIpc) is 3.00. The summed E-state index contributed by atoms with van der Waals surface area (Å²) in [6, 6.07) is 8.69. The van der Waals surface area contributed by atoms with Gasteiger partial charge in [0.05, 0.1) is 0 Å². The Morgan fingerprint density at radius 1 is 1.35 bits per heavy atom. The molecule has 0 unspecified atom stereocenters. The predicted molar refractivity (Wildman–Crippen MR) is 95.2 cm³/mol. The molecule has 1 heterocycles. The summed E-state index contributed by atoms with van der Waals surface area (Å²) >= 11 is 0. The molecular weight excluding hydrogens is 288 g/mol. The molecule has 2 rings (SSSR count). The third kappa shape index (κ3) is 5.48. The topological polar surface area (TPSA) is 44.7 Å². The number of likely N-dealkylation sites (tertiary alicyclic amines) is 1. The van der Waals surface area contributed by atoms with Crippen molar-refractivity contribution in [3.63, 3.8) is 0 Å². The molecule has 0 aliphatic carbocycles. The van der Waals surface area contributed by atoms with Gasteiger partial charge >= 0.3 is 0 Å². The Hall–Kier alpha value is -1.10. The number of ether oxygens (including phenoxy) is 1. The first-order chi connectivity index (χ1) is 11.1. The van der Waals surface area contributed by atoms with Crippen LogP contribution in [-0.4, -0.2) is 54.9 Å². The number of para-hydroxylation sites is 1. The largest absolute Gasteiger partial charge is 0.491 e. The van der Waals surface area contributed by atoms with Crippen LogP contribution < -0.4 is 10.1 Å². The van der Waals surface area contributed by atoms with Crippen LogP contribution in [0, 0.1) is 0 Å². The number of likely N-dealkylation sites (N-methyl/N-ethyl adjacent to an activating group) is 1. The van der Waals surface area contributed by atoms with Crippen LogP contribution >= 0.6 is 0 Å². The summed E-state index contributed by atoms with van der Waals surface area (Å²) in [5.74, 6) is 1.30. The lowest BCUT2D eigenvalue weighted by Gasteiger charge is -2.23. The van der Waals surface area contributed by atoms with Gasteiger partial charge in [0.2, 0.25) is 0 Å². The van der Waals surface area contributed by atoms with Crippen LogP contribution in [0.15, 0.2) is 24.3 Å². The predicted octanol–water partition coefficient (Wildman–Crippen LogP) is 2.62. The quantitative estimate of drug-likeness (QED) is 0.734. The second kappa shape index (κ2) is 9.26. The molecule has 1 aromatic carbocycles. The molecule has 1 aromatic rings. The van der Waals surface area contributed by atoms with Gasteiger partial charge in [-0.2, -0.15) is 0 Å². The van der Waals surface area contributed by atoms with Crippen molar-refractivity contribution in [3.05, 3.63) is 29.8 Å². The summed E-state index contributed by atoms with van der Waals surface area (Å²) in [5.41, 5.74) is 1.19. The number of rotatable bonds is 9. The molecule has 0 spiro atoms. The van der Waals surface area contributed by atoms with Gasteiger partial charge in [0.1, 0.15) is 18.5 Å². The van der Waals surface area contributed by atoms with E-state index in [2.05, 4.69) is 37.1 Å². The van der Waals surface area contributed by atoms with E-state index in [9.17, 15) is 5.11 Å². The monoisotopic (exact) mass is 320 g/mol. The normalized spacial score (nSPS) is 20.1. The number of hydrogen-bond acceptors (Lipinski definition) is 4. The van der Waals surface area contributed by atoms with E-state index in [1.54, 1.807) is 0 Å². The number of hydrogen-bond donors (Lipinski definition) is 2. The van der Waals surface area contributed by atoms with Gasteiger partial charge in [0, 0.05) is 19.1 Å². The Balaban J connectivity index is 1.70. The maximum Gasteiger partial charge on any atom is 0.122 e. The van der Waals surface area contributed by atoms with Crippen LogP contribution in [0.3, 0.4) is 0 Å². The molecule has 23 heavy (non-hydrogen) atoms. The SMILES string of the molecule is CCN1CCC[C@H]1CNC[C@H](O)COc1ccccc1C(C)C. The van der Waals surface area contributed by atoms with Crippen LogP contribution in [0.5, 0.6) is 5.75 Å². The summed E-state index contributed by atoms with van der Waals surface area (Å²) < 4.78 is 5.82. The molecule has 1 aliphatic rings. The minimum absolute atomic E-state index is 0.332. The molecule has 0 amide bonds. The van der Waals surface area contributed by atoms with Gasteiger partial charge in [-0.05, 0) is 43.5 Å². The lowest BCUT2D eigenvalue weighted by molar-refractivity contribution is 0.104. The summed E-state index contributed by atoms with van der Waals surface area (Å²) in [4.78, 5) is 2.51. The maximum absolute atomic E-state index is 10.1. The number of aliphatic hydroxyl groups excluding tert-OH is 1. The zero-order chi connectivity index (χ0) is 16.7. The summed E-state index contributed by atoms with van der Waals surface area (Å²) in [6.07, 6.45) is 2.07. The van der Waals surface area contributed by atoms with E-state index >= 15 is 0 Å². The highest BCUT2D eigenvalue weighted by atomic mass is 16.5. The van der Waals surface area contributed by atoms with Crippen LogP contribution in [0.1, 0.15) is 45.1 Å². The van der Waals surface area contributed by atoms with Crippen molar-refractivity contribution >= 4 is 0 Å². The van der Waals surface area contributed by atoms with Crippen LogP contribution in [0.25, 0.3) is 0 Å². The van der Waals surface area contributed by atoms with Crippen molar-refractivity contribution in [2.45, 2.75) is 51.7 Å².